The van der Waals surface area contributed by atoms with Crippen molar-refractivity contribution >= 4 is 24.8 Å². The van der Waals surface area contributed by atoms with Gasteiger partial charge in [-0.2, -0.15) is 0 Å². The first-order chi connectivity index (χ1) is 11.3. The number of pyridine rings is 1. The van der Waals surface area contributed by atoms with Crippen molar-refractivity contribution in [2.45, 2.75) is 44.9 Å². The number of nitrogens with zero attached hydrogens (tertiary/aromatic N) is 1. The number of carbonyl (C=O) groups excluding carboxylic acids is 1. The van der Waals surface area contributed by atoms with Gasteiger partial charge in [0.25, 0.3) is 0 Å². The molecule has 1 saturated heterocycles. The zero-order chi connectivity index (χ0) is 15.9. The average Bonchev–Trinajstić information content (AvgIpc) is 2.62. The summed E-state index contributed by atoms with van der Waals surface area (Å²) in [6.45, 7) is 1.98. The van der Waals surface area contributed by atoms with Gasteiger partial charge in [-0.25, -0.2) is 0 Å². The number of hydrogen-bond donors (Lipinski definition) is 0. The second kappa shape index (κ2) is 10.1. The van der Waals surface area contributed by atoms with Crippen molar-refractivity contribution in [3.8, 4) is 11.5 Å². The standard InChI is InChI=1S/C18H25NO4.Li/c20-18(15-6-8-21-9-7-15)23-17-10-16(11-19-12-17)22-13-14-4-2-1-3-5-14;/h10-12,14-15H,1-9,13H2;. The Labute approximate surface area is 155 Å². The molecule has 127 valence electrons. The Morgan fingerprint density at radius 1 is 1.08 bits per heavy atom. The summed E-state index contributed by atoms with van der Waals surface area (Å²) in [5, 5.41) is 0. The van der Waals surface area contributed by atoms with E-state index in [1.54, 1.807) is 18.5 Å². The van der Waals surface area contributed by atoms with Crippen LogP contribution in [0.1, 0.15) is 44.9 Å². The molecule has 1 aromatic rings. The van der Waals surface area contributed by atoms with Gasteiger partial charge in [0, 0.05) is 38.1 Å². The smallest absolute Gasteiger partial charge is 0.314 e. The molecule has 0 amide bonds. The van der Waals surface area contributed by atoms with E-state index in [1.807, 2.05) is 0 Å². The van der Waals surface area contributed by atoms with Crippen LogP contribution >= 0.6 is 0 Å². The fraction of sp³-hybridized carbons (Fsp3) is 0.667. The minimum atomic E-state index is -0.195. The molecule has 0 unspecified atom stereocenters. The maximum Gasteiger partial charge on any atom is 0.314 e. The molecule has 1 aliphatic carbocycles. The number of rotatable bonds is 5. The Hall–Kier alpha value is -1.02. The van der Waals surface area contributed by atoms with Crippen LogP contribution in [0.4, 0.5) is 0 Å². The van der Waals surface area contributed by atoms with E-state index >= 15 is 0 Å². The zero-order valence-corrected chi connectivity index (χ0v) is 14.5. The molecule has 3 rings (SSSR count). The molecule has 2 heterocycles. The summed E-state index contributed by atoms with van der Waals surface area (Å²) in [4.78, 5) is 16.3. The first kappa shape index (κ1) is 19.3. The van der Waals surface area contributed by atoms with Crippen LogP contribution in [-0.4, -0.2) is 49.6 Å². The SMILES string of the molecule is O=C(Oc1cncc(OCC2CCCCC2)c1)C1CCOCC1.[Li]. The van der Waals surface area contributed by atoms with Crippen molar-refractivity contribution in [3.63, 3.8) is 0 Å². The molecule has 2 aliphatic rings. The van der Waals surface area contributed by atoms with Crippen LogP contribution in [0.5, 0.6) is 11.5 Å². The fourth-order valence-corrected chi connectivity index (χ4v) is 3.23. The fourth-order valence-electron chi connectivity index (χ4n) is 3.23. The molecule has 2 fully saturated rings. The van der Waals surface area contributed by atoms with Crippen molar-refractivity contribution in [1.29, 1.82) is 0 Å². The van der Waals surface area contributed by atoms with Crippen LogP contribution in [-0.2, 0) is 9.53 Å². The van der Waals surface area contributed by atoms with E-state index in [4.69, 9.17) is 14.2 Å². The molecule has 0 N–H and O–H groups in total. The maximum atomic E-state index is 12.1. The zero-order valence-electron chi connectivity index (χ0n) is 14.5. The number of carbonyl (C=O) groups is 1. The summed E-state index contributed by atoms with van der Waals surface area (Å²) in [5.74, 6) is 1.50. The van der Waals surface area contributed by atoms with Gasteiger partial charge >= 0.3 is 5.97 Å². The molecule has 24 heavy (non-hydrogen) atoms. The molecule has 6 heteroatoms. The Balaban J connectivity index is 0.00000208. The van der Waals surface area contributed by atoms with E-state index in [0.717, 1.165) is 19.4 Å². The monoisotopic (exact) mass is 326 g/mol. The molecule has 1 aromatic heterocycles. The van der Waals surface area contributed by atoms with Crippen LogP contribution in [0.15, 0.2) is 18.5 Å². The Morgan fingerprint density at radius 3 is 2.54 bits per heavy atom. The summed E-state index contributed by atoms with van der Waals surface area (Å²) in [7, 11) is 0. The van der Waals surface area contributed by atoms with Gasteiger partial charge in [0.15, 0.2) is 5.75 Å². The third-order valence-electron chi connectivity index (χ3n) is 4.67. The first-order valence-electron chi connectivity index (χ1n) is 8.68. The number of esters is 1. The van der Waals surface area contributed by atoms with Gasteiger partial charge in [-0.15, -0.1) is 0 Å². The van der Waals surface area contributed by atoms with Crippen LogP contribution in [0, 0.1) is 11.8 Å². The quantitative estimate of drug-likeness (QED) is 0.615. The Bertz CT molecular complexity index is 513. The van der Waals surface area contributed by atoms with Crippen molar-refractivity contribution in [2.75, 3.05) is 19.8 Å². The Morgan fingerprint density at radius 2 is 1.79 bits per heavy atom. The van der Waals surface area contributed by atoms with E-state index in [9.17, 15) is 4.79 Å². The van der Waals surface area contributed by atoms with E-state index in [1.165, 1.54) is 32.1 Å². The molecule has 1 radical (unpaired) electrons. The molecule has 1 aliphatic heterocycles. The number of aromatic nitrogens is 1. The van der Waals surface area contributed by atoms with Crippen molar-refractivity contribution in [1.82, 2.24) is 4.98 Å². The van der Waals surface area contributed by atoms with Gasteiger partial charge in [-0.05, 0) is 31.6 Å². The van der Waals surface area contributed by atoms with Crippen LogP contribution in [0.2, 0.25) is 0 Å². The molecular formula is C18H25LiNO4. The van der Waals surface area contributed by atoms with Crippen molar-refractivity contribution in [2.24, 2.45) is 11.8 Å². The molecule has 0 bridgehead atoms. The van der Waals surface area contributed by atoms with Crippen LogP contribution in [0.25, 0.3) is 0 Å². The summed E-state index contributed by atoms with van der Waals surface area (Å²) >= 11 is 0. The normalized spacial score (nSPS) is 19.3. The molecule has 5 nitrogen and oxygen atoms in total. The third-order valence-corrected chi connectivity index (χ3v) is 4.67. The minimum Gasteiger partial charge on any atom is -0.492 e. The maximum absolute atomic E-state index is 12.1. The summed E-state index contributed by atoms with van der Waals surface area (Å²) in [6, 6.07) is 1.76. The number of ether oxygens (including phenoxy) is 3. The van der Waals surface area contributed by atoms with Gasteiger partial charge < -0.3 is 14.2 Å². The predicted octanol–water partition coefficient (Wildman–Crippen LogP) is 2.99. The van der Waals surface area contributed by atoms with Gasteiger partial charge in [0.1, 0.15) is 5.75 Å². The Kier molecular flexibility index (Phi) is 8.11. The van der Waals surface area contributed by atoms with Crippen molar-refractivity contribution in [3.05, 3.63) is 18.5 Å². The summed E-state index contributed by atoms with van der Waals surface area (Å²) in [5.41, 5.74) is 0. The summed E-state index contributed by atoms with van der Waals surface area (Å²) in [6.07, 6.45) is 11.1. The second-order valence-corrected chi connectivity index (χ2v) is 6.48. The predicted molar refractivity (Wildman–Crippen MR) is 91.2 cm³/mol. The van der Waals surface area contributed by atoms with Gasteiger partial charge in [-0.3, -0.25) is 9.78 Å². The largest absolute Gasteiger partial charge is 0.492 e. The topological polar surface area (TPSA) is 57.7 Å². The summed E-state index contributed by atoms with van der Waals surface area (Å²) < 4.78 is 16.6. The third kappa shape index (κ3) is 5.80. The van der Waals surface area contributed by atoms with Gasteiger partial charge in [-0.1, -0.05) is 19.3 Å². The van der Waals surface area contributed by atoms with Crippen molar-refractivity contribution < 1.29 is 19.0 Å². The van der Waals surface area contributed by atoms with Gasteiger partial charge in [0.2, 0.25) is 0 Å². The minimum absolute atomic E-state index is 0. The molecule has 0 aromatic carbocycles. The molecular weight excluding hydrogens is 301 g/mol. The molecule has 1 saturated carbocycles. The first-order valence-corrected chi connectivity index (χ1v) is 8.68. The van der Waals surface area contributed by atoms with Crippen LogP contribution < -0.4 is 9.47 Å². The molecule has 0 atom stereocenters. The van der Waals surface area contributed by atoms with E-state index < -0.39 is 0 Å². The molecule has 0 spiro atoms. The van der Waals surface area contributed by atoms with Gasteiger partial charge in [0.05, 0.1) is 24.9 Å². The second-order valence-electron chi connectivity index (χ2n) is 6.48. The van der Waals surface area contributed by atoms with E-state index in [0.29, 0.717) is 30.6 Å². The van der Waals surface area contributed by atoms with E-state index in [2.05, 4.69) is 4.98 Å². The average molecular weight is 326 g/mol. The van der Waals surface area contributed by atoms with E-state index in [-0.39, 0.29) is 30.7 Å². The van der Waals surface area contributed by atoms with Crippen LogP contribution in [0.3, 0.4) is 0 Å². The number of hydrogen-bond acceptors (Lipinski definition) is 5.